The summed E-state index contributed by atoms with van der Waals surface area (Å²) in [6, 6.07) is 19.4. The fourth-order valence-electron chi connectivity index (χ4n) is 2.74. The normalized spacial score (nSPS) is 12.1. The molecule has 3 aromatic carbocycles. The van der Waals surface area contributed by atoms with Crippen molar-refractivity contribution < 1.29 is 13.6 Å². The molecule has 1 heterocycles. The van der Waals surface area contributed by atoms with Gasteiger partial charge in [-0.2, -0.15) is 0 Å². The van der Waals surface area contributed by atoms with Gasteiger partial charge < -0.3 is 9.73 Å². The number of aromatic nitrogens is 2. The fraction of sp³-hybridized carbons (Fsp3) is 0.0952. The van der Waals surface area contributed by atoms with Gasteiger partial charge in [0.15, 0.2) is 0 Å². The lowest BCUT2D eigenvalue weighted by atomic mass is 10.1. The van der Waals surface area contributed by atoms with E-state index in [1.807, 2.05) is 42.5 Å². The van der Waals surface area contributed by atoms with Gasteiger partial charge in [-0.15, -0.1) is 10.2 Å². The van der Waals surface area contributed by atoms with Crippen LogP contribution in [0.3, 0.4) is 0 Å². The number of rotatable bonds is 5. The molecule has 4 aromatic rings. The predicted octanol–water partition coefficient (Wildman–Crippen LogP) is 5.15. The van der Waals surface area contributed by atoms with Crippen LogP contribution in [0.2, 0.25) is 0 Å². The zero-order valence-corrected chi connectivity index (χ0v) is 15.7. The van der Waals surface area contributed by atoms with Crippen LogP contribution in [0, 0.1) is 5.82 Å². The Labute approximate surface area is 165 Å². The number of carbonyl (C=O) groups excluding carboxylic acids is 1. The van der Waals surface area contributed by atoms with Crippen molar-refractivity contribution in [2.75, 3.05) is 5.32 Å². The lowest BCUT2D eigenvalue weighted by molar-refractivity contribution is -0.115. The van der Waals surface area contributed by atoms with Gasteiger partial charge in [0.1, 0.15) is 5.82 Å². The first-order chi connectivity index (χ1) is 13.6. The van der Waals surface area contributed by atoms with Crippen molar-refractivity contribution in [3.63, 3.8) is 0 Å². The minimum atomic E-state index is -0.444. The summed E-state index contributed by atoms with van der Waals surface area (Å²) in [5.74, 6) is -0.219. The molecule has 0 aliphatic carbocycles. The maximum atomic E-state index is 13.0. The number of nitrogens with zero attached hydrogens (tertiary/aromatic N) is 2. The lowest BCUT2D eigenvalue weighted by Crippen LogP contribution is -2.22. The van der Waals surface area contributed by atoms with Gasteiger partial charge in [-0.05, 0) is 42.6 Å². The van der Waals surface area contributed by atoms with E-state index < -0.39 is 5.25 Å². The second-order valence-corrected chi connectivity index (χ2v) is 7.45. The Bertz CT molecular complexity index is 1120. The third-order valence-corrected chi connectivity index (χ3v) is 5.13. The van der Waals surface area contributed by atoms with E-state index in [1.165, 1.54) is 23.9 Å². The van der Waals surface area contributed by atoms with Crippen molar-refractivity contribution in [3.05, 3.63) is 72.5 Å². The number of hydrogen-bond acceptors (Lipinski definition) is 5. The van der Waals surface area contributed by atoms with Gasteiger partial charge in [0.25, 0.3) is 5.22 Å². The monoisotopic (exact) mass is 393 g/mol. The maximum Gasteiger partial charge on any atom is 0.277 e. The van der Waals surface area contributed by atoms with Crippen molar-refractivity contribution >= 4 is 34.1 Å². The minimum Gasteiger partial charge on any atom is -0.411 e. The Morgan fingerprint density at radius 1 is 1.04 bits per heavy atom. The summed E-state index contributed by atoms with van der Waals surface area (Å²) < 4.78 is 18.6. The quantitative estimate of drug-likeness (QED) is 0.475. The van der Waals surface area contributed by atoms with Crippen molar-refractivity contribution in [1.29, 1.82) is 0 Å². The first-order valence-electron chi connectivity index (χ1n) is 8.65. The topological polar surface area (TPSA) is 68.0 Å². The number of amides is 1. The van der Waals surface area contributed by atoms with Crippen LogP contribution in [-0.2, 0) is 4.79 Å². The van der Waals surface area contributed by atoms with E-state index >= 15 is 0 Å². The molecule has 4 rings (SSSR count). The molecule has 1 N–H and O–H groups in total. The average molecular weight is 393 g/mol. The summed E-state index contributed by atoms with van der Waals surface area (Å²) in [5, 5.41) is 12.8. The van der Waals surface area contributed by atoms with Gasteiger partial charge in [0.2, 0.25) is 11.8 Å². The Morgan fingerprint density at radius 2 is 1.79 bits per heavy atom. The molecule has 5 nitrogen and oxygen atoms in total. The van der Waals surface area contributed by atoms with Crippen LogP contribution in [0.1, 0.15) is 6.92 Å². The highest BCUT2D eigenvalue weighted by molar-refractivity contribution is 8.00. The Morgan fingerprint density at radius 3 is 2.61 bits per heavy atom. The number of thioether (sulfide) groups is 1. The Balaban J connectivity index is 1.45. The van der Waals surface area contributed by atoms with E-state index in [4.69, 9.17) is 4.42 Å². The molecule has 0 aliphatic rings. The van der Waals surface area contributed by atoms with E-state index in [1.54, 1.807) is 19.1 Å². The van der Waals surface area contributed by atoms with Crippen molar-refractivity contribution in [1.82, 2.24) is 10.2 Å². The summed E-state index contributed by atoms with van der Waals surface area (Å²) in [6.07, 6.45) is 0. The largest absolute Gasteiger partial charge is 0.411 e. The number of benzene rings is 3. The summed E-state index contributed by atoms with van der Waals surface area (Å²) in [7, 11) is 0. The lowest BCUT2D eigenvalue weighted by Gasteiger charge is -2.12. The molecule has 0 spiro atoms. The smallest absolute Gasteiger partial charge is 0.277 e. The van der Waals surface area contributed by atoms with E-state index in [0.29, 0.717) is 5.56 Å². The molecular formula is C21H16FN3O2S. The third-order valence-electron chi connectivity index (χ3n) is 4.19. The van der Waals surface area contributed by atoms with Crippen molar-refractivity contribution in [2.24, 2.45) is 0 Å². The third kappa shape index (κ3) is 3.89. The van der Waals surface area contributed by atoms with E-state index in [-0.39, 0.29) is 22.8 Å². The molecular weight excluding hydrogens is 377 g/mol. The van der Waals surface area contributed by atoms with Gasteiger partial charge in [-0.3, -0.25) is 4.79 Å². The second kappa shape index (κ2) is 7.82. The van der Waals surface area contributed by atoms with Crippen molar-refractivity contribution in [3.8, 4) is 11.5 Å². The number of hydrogen-bond donors (Lipinski definition) is 1. The summed E-state index contributed by atoms with van der Waals surface area (Å²) in [5.41, 5.74) is 1.38. The summed E-state index contributed by atoms with van der Waals surface area (Å²) in [6.45, 7) is 1.77. The van der Waals surface area contributed by atoms with Crippen LogP contribution in [0.5, 0.6) is 0 Å². The molecule has 1 aromatic heterocycles. The van der Waals surface area contributed by atoms with Gasteiger partial charge in [0.05, 0.1) is 5.25 Å². The van der Waals surface area contributed by atoms with Crippen LogP contribution in [-0.4, -0.2) is 21.4 Å². The van der Waals surface area contributed by atoms with E-state index in [2.05, 4.69) is 15.5 Å². The predicted molar refractivity (Wildman–Crippen MR) is 108 cm³/mol. The first kappa shape index (κ1) is 18.2. The highest BCUT2D eigenvalue weighted by Crippen LogP contribution is 2.28. The molecule has 0 bridgehead atoms. The molecule has 0 saturated carbocycles. The number of fused-ring (bicyclic) bond motifs is 1. The highest BCUT2D eigenvalue weighted by Gasteiger charge is 2.19. The first-order valence-corrected chi connectivity index (χ1v) is 9.53. The van der Waals surface area contributed by atoms with E-state index in [9.17, 15) is 9.18 Å². The molecule has 1 amide bonds. The molecule has 0 unspecified atom stereocenters. The Kier molecular flexibility index (Phi) is 5.08. The average Bonchev–Trinajstić information content (AvgIpc) is 3.17. The molecule has 28 heavy (non-hydrogen) atoms. The number of carbonyl (C=O) groups is 1. The summed E-state index contributed by atoms with van der Waals surface area (Å²) >= 11 is 1.17. The fourth-order valence-corrected chi connectivity index (χ4v) is 3.42. The molecule has 0 radical (unpaired) electrons. The van der Waals surface area contributed by atoms with Gasteiger partial charge in [0, 0.05) is 16.6 Å². The standard InChI is InChI=1S/C21H16FN3O2S/c1-13(19(26)23-18-8-4-6-14-5-2-3-7-17(14)18)28-21-25-24-20(27-21)15-9-11-16(22)12-10-15/h2-13H,1H3,(H,23,26)/t13-/m0/s1. The highest BCUT2D eigenvalue weighted by atomic mass is 32.2. The van der Waals surface area contributed by atoms with Gasteiger partial charge >= 0.3 is 0 Å². The van der Waals surface area contributed by atoms with Crippen LogP contribution in [0.15, 0.2) is 76.4 Å². The molecule has 0 aliphatic heterocycles. The van der Waals surface area contributed by atoms with Crippen LogP contribution < -0.4 is 5.32 Å². The van der Waals surface area contributed by atoms with Crippen molar-refractivity contribution in [2.45, 2.75) is 17.4 Å². The maximum absolute atomic E-state index is 13.0. The van der Waals surface area contributed by atoms with E-state index in [0.717, 1.165) is 16.5 Å². The zero-order chi connectivity index (χ0) is 19.5. The molecule has 140 valence electrons. The number of halogens is 1. The summed E-state index contributed by atoms with van der Waals surface area (Å²) in [4.78, 5) is 12.6. The second-order valence-electron chi connectivity index (χ2n) is 6.16. The molecule has 0 saturated heterocycles. The van der Waals surface area contributed by atoms with Gasteiger partial charge in [-0.1, -0.05) is 48.2 Å². The SMILES string of the molecule is C[C@H](Sc1nnc(-c2ccc(F)cc2)o1)C(=O)Nc1cccc2ccccc12. The molecule has 0 fully saturated rings. The van der Waals surface area contributed by atoms with Crippen LogP contribution >= 0.6 is 11.8 Å². The van der Waals surface area contributed by atoms with Crippen LogP contribution in [0.25, 0.3) is 22.2 Å². The van der Waals surface area contributed by atoms with Crippen LogP contribution in [0.4, 0.5) is 10.1 Å². The van der Waals surface area contributed by atoms with Gasteiger partial charge in [-0.25, -0.2) is 4.39 Å². The number of anilines is 1. The molecule has 7 heteroatoms. The number of nitrogens with one attached hydrogen (secondary N) is 1. The minimum absolute atomic E-state index is 0.164. The molecule has 1 atom stereocenters. The zero-order valence-electron chi connectivity index (χ0n) is 14.9. The Hall–Kier alpha value is -3.19.